The van der Waals surface area contributed by atoms with E-state index in [9.17, 15) is 13.6 Å². The van der Waals surface area contributed by atoms with Gasteiger partial charge >= 0.3 is 0 Å². The summed E-state index contributed by atoms with van der Waals surface area (Å²) in [5.74, 6) is -0.441. The second-order valence-corrected chi connectivity index (χ2v) is 6.61. The van der Waals surface area contributed by atoms with E-state index in [1.54, 1.807) is 30.6 Å². The minimum atomic E-state index is -0.375. The Morgan fingerprint density at radius 3 is 2.76 bits per heavy atom. The molecule has 1 atom stereocenters. The largest absolute Gasteiger partial charge is 0.487 e. The van der Waals surface area contributed by atoms with Gasteiger partial charge < -0.3 is 10.1 Å². The molecule has 29 heavy (non-hydrogen) atoms. The molecular weight excluding hydrogens is 376 g/mol. The normalized spacial score (nSPS) is 15.2. The Bertz CT molecular complexity index is 1050. The zero-order valence-electron chi connectivity index (χ0n) is 15.3. The van der Waals surface area contributed by atoms with Crippen LogP contribution >= 0.6 is 0 Å². The first-order valence-corrected chi connectivity index (χ1v) is 9.05. The summed E-state index contributed by atoms with van der Waals surface area (Å²) in [6.07, 6.45) is 7.76. The fraction of sp³-hybridized carbons (Fsp3) is 0.136. The van der Waals surface area contributed by atoms with Crippen LogP contribution in [-0.2, 0) is 11.2 Å². The summed E-state index contributed by atoms with van der Waals surface area (Å²) < 4.78 is 32.9. The zero-order chi connectivity index (χ0) is 20.2. The van der Waals surface area contributed by atoms with Gasteiger partial charge in [-0.2, -0.15) is 0 Å². The lowest BCUT2D eigenvalue weighted by atomic mass is 10.0. The molecule has 5 nitrogen and oxygen atoms in total. The van der Waals surface area contributed by atoms with Crippen molar-refractivity contribution < 1.29 is 18.3 Å². The topological polar surface area (TPSA) is 64.1 Å². The maximum absolute atomic E-state index is 14.0. The molecule has 0 bridgehead atoms. The number of aromatic nitrogens is 2. The van der Waals surface area contributed by atoms with Gasteiger partial charge in [0.2, 0.25) is 5.91 Å². The van der Waals surface area contributed by atoms with E-state index in [1.165, 1.54) is 36.5 Å². The molecule has 0 saturated carbocycles. The van der Waals surface area contributed by atoms with E-state index in [4.69, 9.17) is 4.74 Å². The third-order valence-electron chi connectivity index (χ3n) is 4.50. The molecule has 1 unspecified atom stereocenters. The fourth-order valence-corrected chi connectivity index (χ4v) is 3.16. The third-order valence-corrected chi connectivity index (χ3v) is 4.50. The van der Waals surface area contributed by atoms with Gasteiger partial charge in [-0.15, -0.1) is 0 Å². The van der Waals surface area contributed by atoms with Crippen LogP contribution in [0.4, 0.5) is 8.78 Å². The summed E-state index contributed by atoms with van der Waals surface area (Å²) in [5.41, 5.74) is 2.51. The lowest BCUT2D eigenvalue weighted by Crippen LogP contribution is -2.33. The van der Waals surface area contributed by atoms with Gasteiger partial charge in [-0.3, -0.25) is 14.8 Å². The molecule has 2 aromatic carbocycles. The number of nitrogens with zero attached hydrogens (tertiary/aromatic N) is 2. The Labute approximate surface area is 166 Å². The van der Waals surface area contributed by atoms with E-state index < -0.39 is 0 Å². The highest BCUT2D eigenvalue weighted by Gasteiger charge is 2.27. The molecule has 0 aliphatic carbocycles. The Morgan fingerprint density at radius 1 is 1.17 bits per heavy atom. The predicted octanol–water partition coefficient (Wildman–Crippen LogP) is 3.55. The lowest BCUT2D eigenvalue weighted by molar-refractivity contribution is -0.116. The minimum Gasteiger partial charge on any atom is -0.487 e. The molecule has 1 aromatic heterocycles. The number of halogens is 2. The molecule has 1 amide bonds. The molecule has 0 saturated heterocycles. The number of rotatable bonds is 5. The Hall–Kier alpha value is -3.61. The predicted molar refractivity (Wildman–Crippen MR) is 104 cm³/mol. The molecule has 0 radical (unpaired) electrons. The van der Waals surface area contributed by atoms with Crippen molar-refractivity contribution in [1.29, 1.82) is 0 Å². The molecule has 3 aromatic rings. The first-order valence-electron chi connectivity index (χ1n) is 9.05. The standard InChI is InChI=1S/C22H17F2N3O2/c23-16-4-1-14(2-5-16)3-6-21(28)27-12-18-10-15-9-17(24)11-19(22(15)29-18)20-13-25-7-8-26-20/h1-9,11,13,18H,10,12H2,(H,27,28). The van der Waals surface area contributed by atoms with Crippen LogP contribution in [0.3, 0.4) is 0 Å². The molecule has 1 N–H and O–H groups in total. The monoisotopic (exact) mass is 393 g/mol. The van der Waals surface area contributed by atoms with Crippen LogP contribution < -0.4 is 10.1 Å². The molecule has 0 fully saturated rings. The van der Waals surface area contributed by atoms with Gasteiger partial charge in [0.1, 0.15) is 23.5 Å². The van der Waals surface area contributed by atoms with Crippen molar-refractivity contribution in [1.82, 2.24) is 15.3 Å². The minimum absolute atomic E-state index is 0.267. The number of carbonyl (C=O) groups excluding carboxylic acids is 1. The van der Waals surface area contributed by atoms with E-state index in [1.807, 2.05) is 0 Å². The third kappa shape index (κ3) is 4.45. The first-order chi connectivity index (χ1) is 14.1. The van der Waals surface area contributed by atoms with Gasteiger partial charge in [-0.25, -0.2) is 8.78 Å². The summed E-state index contributed by atoms with van der Waals surface area (Å²) in [6.45, 7) is 0.267. The highest BCUT2D eigenvalue weighted by atomic mass is 19.1. The van der Waals surface area contributed by atoms with Crippen molar-refractivity contribution in [3.05, 3.63) is 83.8 Å². The van der Waals surface area contributed by atoms with E-state index in [-0.39, 0.29) is 30.2 Å². The van der Waals surface area contributed by atoms with Crippen LogP contribution in [0.2, 0.25) is 0 Å². The number of carbonyl (C=O) groups is 1. The van der Waals surface area contributed by atoms with Crippen molar-refractivity contribution in [2.75, 3.05) is 6.54 Å². The van der Waals surface area contributed by atoms with Crippen LogP contribution in [-0.4, -0.2) is 28.5 Å². The number of hydrogen-bond acceptors (Lipinski definition) is 4. The molecular formula is C22H17F2N3O2. The van der Waals surface area contributed by atoms with E-state index in [2.05, 4.69) is 15.3 Å². The maximum Gasteiger partial charge on any atom is 0.244 e. The molecule has 1 aliphatic heterocycles. The van der Waals surface area contributed by atoms with Gasteiger partial charge in [0, 0.05) is 36.0 Å². The molecule has 4 rings (SSSR count). The van der Waals surface area contributed by atoms with Crippen LogP contribution in [0.5, 0.6) is 5.75 Å². The number of fused-ring (bicyclic) bond motifs is 1. The highest BCUT2D eigenvalue weighted by molar-refractivity contribution is 5.91. The Morgan fingerprint density at radius 2 is 2.00 bits per heavy atom. The lowest BCUT2D eigenvalue weighted by Gasteiger charge is -2.12. The van der Waals surface area contributed by atoms with Crippen LogP contribution in [0.25, 0.3) is 17.3 Å². The van der Waals surface area contributed by atoms with Crippen LogP contribution in [0.1, 0.15) is 11.1 Å². The van der Waals surface area contributed by atoms with Gasteiger partial charge in [0.05, 0.1) is 18.4 Å². The van der Waals surface area contributed by atoms with Gasteiger partial charge in [-0.1, -0.05) is 12.1 Å². The van der Waals surface area contributed by atoms with Crippen LogP contribution in [0.15, 0.2) is 61.1 Å². The van der Waals surface area contributed by atoms with Crippen molar-refractivity contribution in [2.45, 2.75) is 12.5 Å². The average Bonchev–Trinajstić information content (AvgIpc) is 3.14. The van der Waals surface area contributed by atoms with Crippen molar-refractivity contribution in [2.24, 2.45) is 0 Å². The molecule has 0 spiro atoms. The molecule has 146 valence electrons. The first kappa shape index (κ1) is 18.7. The SMILES string of the molecule is O=C(C=Cc1ccc(F)cc1)NCC1Cc2cc(F)cc(-c3cnccn3)c2O1. The quantitative estimate of drug-likeness (QED) is 0.674. The van der Waals surface area contributed by atoms with Crippen molar-refractivity contribution in [3.63, 3.8) is 0 Å². The number of hydrogen-bond donors (Lipinski definition) is 1. The number of amides is 1. The summed E-state index contributed by atoms with van der Waals surface area (Å²) >= 11 is 0. The summed E-state index contributed by atoms with van der Waals surface area (Å²) in [7, 11) is 0. The zero-order valence-corrected chi connectivity index (χ0v) is 15.3. The number of ether oxygens (including phenoxy) is 1. The second-order valence-electron chi connectivity index (χ2n) is 6.61. The summed E-state index contributed by atoms with van der Waals surface area (Å²) in [4.78, 5) is 20.3. The second kappa shape index (κ2) is 8.18. The van der Waals surface area contributed by atoms with E-state index in [0.717, 1.165) is 11.1 Å². The Kier molecular flexibility index (Phi) is 5.29. The molecule has 1 aliphatic rings. The summed E-state index contributed by atoms with van der Waals surface area (Å²) in [5, 5.41) is 2.77. The van der Waals surface area contributed by atoms with Gasteiger partial charge in [0.15, 0.2) is 0 Å². The van der Waals surface area contributed by atoms with Crippen molar-refractivity contribution >= 4 is 12.0 Å². The van der Waals surface area contributed by atoms with Crippen LogP contribution in [0, 0.1) is 11.6 Å². The van der Waals surface area contributed by atoms with Gasteiger partial charge in [-0.05, 0) is 35.9 Å². The number of benzene rings is 2. The fourth-order valence-electron chi connectivity index (χ4n) is 3.16. The van der Waals surface area contributed by atoms with Gasteiger partial charge in [0.25, 0.3) is 0 Å². The Balaban J connectivity index is 1.40. The smallest absolute Gasteiger partial charge is 0.244 e. The van der Waals surface area contributed by atoms with E-state index in [0.29, 0.717) is 23.4 Å². The molecule has 7 heteroatoms. The maximum atomic E-state index is 14.0. The number of nitrogens with one attached hydrogen (secondary N) is 1. The molecule has 2 heterocycles. The van der Waals surface area contributed by atoms with E-state index >= 15 is 0 Å². The summed E-state index contributed by atoms with van der Waals surface area (Å²) in [6, 6.07) is 8.63. The van der Waals surface area contributed by atoms with Crippen molar-refractivity contribution in [3.8, 4) is 17.0 Å². The average molecular weight is 393 g/mol. The highest BCUT2D eigenvalue weighted by Crippen LogP contribution is 2.38.